The first-order chi connectivity index (χ1) is 9.10. The molecule has 2 aromatic heterocycles. The third kappa shape index (κ3) is 1.89. The van der Waals surface area contributed by atoms with Gasteiger partial charge in [-0.3, -0.25) is 0 Å². The second kappa shape index (κ2) is 4.34. The highest BCUT2D eigenvalue weighted by atomic mass is 16.5. The molecule has 19 heavy (non-hydrogen) atoms. The van der Waals surface area contributed by atoms with Crippen molar-refractivity contribution in [3.05, 3.63) is 12.3 Å². The zero-order valence-corrected chi connectivity index (χ0v) is 10.1. The number of aliphatic hydroxyl groups is 2. The summed E-state index contributed by atoms with van der Waals surface area (Å²) in [5.74, 6) is 0.390. The summed E-state index contributed by atoms with van der Waals surface area (Å²) < 4.78 is 7.31. The molecule has 3 atom stereocenters. The minimum atomic E-state index is -0.705. The lowest BCUT2D eigenvalue weighted by Gasteiger charge is -2.14. The molecule has 3 rings (SSSR count). The topological polar surface area (TPSA) is 132 Å². The molecule has 3 heterocycles. The summed E-state index contributed by atoms with van der Waals surface area (Å²) in [5, 5.41) is 19.5. The Morgan fingerprint density at radius 1 is 1.42 bits per heavy atom. The first-order valence-electron chi connectivity index (χ1n) is 5.94. The van der Waals surface area contributed by atoms with Crippen LogP contribution in [0.5, 0.6) is 0 Å². The van der Waals surface area contributed by atoms with Gasteiger partial charge >= 0.3 is 0 Å². The van der Waals surface area contributed by atoms with Gasteiger partial charge in [0.05, 0.1) is 18.1 Å². The number of hydrogen-bond acceptors (Lipinski definition) is 7. The third-order valence-electron chi connectivity index (χ3n) is 3.31. The molecule has 0 bridgehead atoms. The molecule has 0 spiro atoms. The van der Waals surface area contributed by atoms with Crippen LogP contribution in [0.2, 0.25) is 0 Å². The van der Waals surface area contributed by atoms with E-state index in [1.807, 2.05) is 0 Å². The summed E-state index contributed by atoms with van der Waals surface area (Å²) in [5.41, 5.74) is 11.9. The zero-order valence-electron chi connectivity index (χ0n) is 10.1. The van der Waals surface area contributed by atoms with Crippen LogP contribution in [-0.4, -0.2) is 43.6 Å². The number of rotatable bonds is 2. The first-order valence-corrected chi connectivity index (χ1v) is 5.94. The highest BCUT2D eigenvalue weighted by Gasteiger charge is 2.35. The Morgan fingerprint density at radius 2 is 2.21 bits per heavy atom. The van der Waals surface area contributed by atoms with Crippen LogP contribution in [-0.2, 0) is 4.74 Å². The Hall–Kier alpha value is -1.90. The van der Waals surface area contributed by atoms with Crippen LogP contribution in [0.4, 0.5) is 11.8 Å². The van der Waals surface area contributed by atoms with Crippen molar-refractivity contribution in [2.45, 2.75) is 24.9 Å². The number of ether oxygens (including phenoxy) is 1. The fourth-order valence-corrected chi connectivity index (χ4v) is 2.36. The van der Waals surface area contributed by atoms with Gasteiger partial charge in [-0.15, -0.1) is 0 Å². The lowest BCUT2D eigenvalue weighted by molar-refractivity contribution is -0.0430. The second-order valence-corrected chi connectivity index (χ2v) is 4.54. The maximum Gasteiger partial charge on any atom is 0.223 e. The minimum Gasteiger partial charge on any atom is -0.394 e. The molecular formula is C11H15N5O3. The van der Waals surface area contributed by atoms with Gasteiger partial charge < -0.3 is 31.0 Å². The molecule has 0 saturated carbocycles. The molecule has 8 heteroatoms. The van der Waals surface area contributed by atoms with E-state index in [0.29, 0.717) is 23.3 Å². The molecule has 1 aliphatic rings. The molecule has 0 aliphatic carbocycles. The fourth-order valence-electron chi connectivity index (χ4n) is 2.36. The number of nitrogens with zero attached hydrogens (tertiary/aromatic N) is 3. The Kier molecular flexibility index (Phi) is 2.77. The highest BCUT2D eigenvalue weighted by molar-refractivity contribution is 5.87. The standard InChI is InChI=1S/C11H15N5O3/c12-9-5-1-2-16(10(5)15-11(13)14-9)8-3-6(18)7(4-17)19-8/h1-2,6-8,17-18H,3-4H2,(H4,12,13,14,15). The summed E-state index contributed by atoms with van der Waals surface area (Å²) in [6.07, 6.45) is 0.437. The molecule has 0 amide bonds. The van der Waals surface area contributed by atoms with Gasteiger partial charge in [0.25, 0.3) is 0 Å². The van der Waals surface area contributed by atoms with E-state index < -0.39 is 18.4 Å². The van der Waals surface area contributed by atoms with Gasteiger partial charge in [-0.25, -0.2) is 0 Å². The van der Waals surface area contributed by atoms with E-state index >= 15 is 0 Å². The van der Waals surface area contributed by atoms with E-state index in [1.165, 1.54) is 0 Å². The highest BCUT2D eigenvalue weighted by Crippen LogP contribution is 2.32. The van der Waals surface area contributed by atoms with Crippen molar-refractivity contribution >= 4 is 22.8 Å². The predicted molar refractivity (Wildman–Crippen MR) is 68.0 cm³/mol. The molecule has 8 nitrogen and oxygen atoms in total. The lowest BCUT2D eigenvalue weighted by Crippen LogP contribution is -2.24. The SMILES string of the molecule is Nc1nc(N)c2ccn(C3CC(O)C(CO)O3)c2n1. The number of aromatic nitrogens is 3. The quantitative estimate of drug-likeness (QED) is 0.560. The van der Waals surface area contributed by atoms with E-state index in [0.717, 1.165) is 0 Å². The van der Waals surface area contributed by atoms with Gasteiger partial charge in [0.1, 0.15) is 23.8 Å². The third-order valence-corrected chi connectivity index (χ3v) is 3.31. The van der Waals surface area contributed by atoms with Crippen LogP contribution < -0.4 is 11.5 Å². The van der Waals surface area contributed by atoms with Crippen molar-refractivity contribution in [3.63, 3.8) is 0 Å². The number of fused-ring (bicyclic) bond motifs is 1. The Labute approximate surface area is 108 Å². The first kappa shape index (κ1) is 12.2. The number of nitrogen functional groups attached to an aromatic ring is 2. The summed E-state index contributed by atoms with van der Waals surface area (Å²) in [6.45, 7) is -0.226. The van der Waals surface area contributed by atoms with Gasteiger partial charge in [-0.05, 0) is 6.07 Å². The Morgan fingerprint density at radius 3 is 2.89 bits per heavy atom. The monoisotopic (exact) mass is 265 g/mol. The maximum absolute atomic E-state index is 9.76. The lowest BCUT2D eigenvalue weighted by atomic mass is 10.2. The molecule has 0 radical (unpaired) electrons. The molecule has 1 fully saturated rings. The van der Waals surface area contributed by atoms with Gasteiger partial charge in [-0.2, -0.15) is 9.97 Å². The average molecular weight is 265 g/mol. The molecule has 2 aromatic rings. The summed E-state index contributed by atoms with van der Waals surface area (Å²) in [6, 6.07) is 1.77. The number of aliphatic hydroxyl groups excluding tert-OH is 2. The van der Waals surface area contributed by atoms with Crippen molar-refractivity contribution in [3.8, 4) is 0 Å². The second-order valence-electron chi connectivity index (χ2n) is 4.54. The van der Waals surface area contributed by atoms with Crippen molar-refractivity contribution in [2.75, 3.05) is 18.1 Å². The molecule has 1 saturated heterocycles. The summed E-state index contributed by atoms with van der Waals surface area (Å²) >= 11 is 0. The zero-order chi connectivity index (χ0) is 13.6. The average Bonchev–Trinajstić information content (AvgIpc) is 2.92. The number of hydrogen-bond donors (Lipinski definition) is 4. The molecule has 6 N–H and O–H groups in total. The van der Waals surface area contributed by atoms with Gasteiger partial charge in [0.2, 0.25) is 5.95 Å². The Balaban J connectivity index is 2.02. The normalized spacial score (nSPS) is 27.2. The van der Waals surface area contributed by atoms with Gasteiger partial charge in [0, 0.05) is 12.6 Å². The van der Waals surface area contributed by atoms with Crippen LogP contribution in [0, 0.1) is 0 Å². The van der Waals surface area contributed by atoms with Crippen molar-refractivity contribution in [2.24, 2.45) is 0 Å². The predicted octanol–water partition coefficient (Wildman–Crippen LogP) is -0.764. The molecule has 1 aliphatic heterocycles. The van der Waals surface area contributed by atoms with Crippen molar-refractivity contribution in [1.82, 2.24) is 14.5 Å². The smallest absolute Gasteiger partial charge is 0.223 e. The largest absolute Gasteiger partial charge is 0.394 e. The van der Waals surface area contributed by atoms with Crippen LogP contribution >= 0.6 is 0 Å². The van der Waals surface area contributed by atoms with Gasteiger partial charge in [0.15, 0.2) is 0 Å². The maximum atomic E-state index is 9.76. The number of nitrogens with two attached hydrogens (primary N) is 2. The van der Waals surface area contributed by atoms with E-state index in [1.54, 1.807) is 16.8 Å². The summed E-state index contributed by atoms with van der Waals surface area (Å²) in [4.78, 5) is 8.03. The number of anilines is 2. The van der Waals surface area contributed by atoms with E-state index in [-0.39, 0.29) is 12.6 Å². The fraction of sp³-hybridized carbons (Fsp3) is 0.455. The summed E-state index contributed by atoms with van der Waals surface area (Å²) in [7, 11) is 0. The molecule has 0 aromatic carbocycles. The van der Waals surface area contributed by atoms with Crippen LogP contribution in [0.15, 0.2) is 12.3 Å². The van der Waals surface area contributed by atoms with E-state index in [2.05, 4.69) is 9.97 Å². The van der Waals surface area contributed by atoms with E-state index in [9.17, 15) is 5.11 Å². The van der Waals surface area contributed by atoms with Crippen molar-refractivity contribution < 1.29 is 14.9 Å². The molecule has 3 unspecified atom stereocenters. The van der Waals surface area contributed by atoms with Crippen LogP contribution in [0.3, 0.4) is 0 Å². The van der Waals surface area contributed by atoms with Crippen LogP contribution in [0.1, 0.15) is 12.6 Å². The Bertz CT molecular complexity index is 614. The van der Waals surface area contributed by atoms with E-state index in [4.69, 9.17) is 21.3 Å². The van der Waals surface area contributed by atoms with Crippen molar-refractivity contribution in [1.29, 1.82) is 0 Å². The van der Waals surface area contributed by atoms with Crippen LogP contribution in [0.25, 0.3) is 11.0 Å². The van der Waals surface area contributed by atoms with Gasteiger partial charge in [-0.1, -0.05) is 0 Å². The molecule has 102 valence electrons. The molecular weight excluding hydrogens is 250 g/mol. The minimum absolute atomic E-state index is 0.0854.